The maximum atomic E-state index is 5.70. The molecule has 2 aromatic heterocycles. The van der Waals surface area contributed by atoms with Crippen LogP contribution in [0.2, 0.25) is 0 Å². The molecular formula is C17H14N4O2S. The van der Waals surface area contributed by atoms with Gasteiger partial charge in [0.05, 0.1) is 23.9 Å². The van der Waals surface area contributed by atoms with Crippen molar-refractivity contribution in [2.24, 2.45) is 0 Å². The minimum atomic E-state index is 0.528. The fraction of sp³-hybridized carbons (Fsp3) is 0.118. The van der Waals surface area contributed by atoms with Gasteiger partial charge in [0.25, 0.3) is 0 Å². The van der Waals surface area contributed by atoms with Crippen molar-refractivity contribution < 1.29 is 9.15 Å². The van der Waals surface area contributed by atoms with E-state index in [1.807, 2.05) is 48.5 Å². The number of hydrogen-bond donors (Lipinski definition) is 1. The van der Waals surface area contributed by atoms with E-state index >= 15 is 0 Å². The average Bonchev–Trinajstić information content (AvgIpc) is 3.26. The molecule has 0 saturated carbocycles. The van der Waals surface area contributed by atoms with E-state index in [4.69, 9.17) is 9.15 Å². The molecule has 4 aromatic rings. The standard InChI is InChI=1S/C17H14N4O2S/c1-22-12-7-8-13-14(9-12)19-17(18-13)24-10-15-20-21-16(23-15)11-5-3-2-4-6-11/h2-9H,10H2,1H3,(H,18,19). The Morgan fingerprint density at radius 1 is 1.12 bits per heavy atom. The summed E-state index contributed by atoms with van der Waals surface area (Å²) >= 11 is 1.52. The van der Waals surface area contributed by atoms with Crippen molar-refractivity contribution in [2.45, 2.75) is 10.9 Å². The molecular weight excluding hydrogens is 324 g/mol. The Morgan fingerprint density at radius 2 is 2.00 bits per heavy atom. The molecule has 120 valence electrons. The zero-order valence-electron chi connectivity index (χ0n) is 12.9. The molecule has 0 atom stereocenters. The first kappa shape index (κ1) is 14.8. The van der Waals surface area contributed by atoms with Crippen LogP contribution in [-0.4, -0.2) is 27.3 Å². The van der Waals surface area contributed by atoms with Gasteiger partial charge in [-0.15, -0.1) is 10.2 Å². The number of aromatic nitrogens is 4. The van der Waals surface area contributed by atoms with Crippen LogP contribution in [0.15, 0.2) is 58.1 Å². The summed E-state index contributed by atoms with van der Waals surface area (Å²) in [5.74, 6) is 2.45. The predicted molar refractivity (Wildman–Crippen MR) is 91.9 cm³/mol. The summed E-state index contributed by atoms with van der Waals surface area (Å²) in [6.07, 6.45) is 0. The van der Waals surface area contributed by atoms with Gasteiger partial charge in [0, 0.05) is 11.6 Å². The van der Waals surface area contributed by atoms with Crippen molar-refractivity contribution in [1.29, 1.82) is 0 Å². The lowest BCUT2D eigenvalue weighted by Crippen LogP contribution is -1.81. The molecule has 0 fully saturated rings. The molecule has 0 saturated heterocycles. The zero-order chi connectivity index (χ0) is 16.4. The number of imidazole rings is 1. The minimum Gasteiger partial charge on any atom is -0.497 e. The molecule has 24 heavy (non-hydrogen) atoms. The van der Waals surface area contributed by atoms with Gasteiger partial charge in [-0.3, -0.25) is 0 Å². The largest absolute Gasteiger partial charge is 0.497 e. The van der Waals surface area contributed by atoms with E-state index in [2.05, 4.69) is 20.2 Å². The molecule has 0 unspecified atom stereocenters. The van der Waals surface area contributed by atoms with Gasteiger partial charge in [0.2, 0.25) is 11.8 Å². The Labute approximate surface area is 142 Å². The van der Waals surface area contributed by atoms with Crippen molar-refractivity contribution in [1.82, 2.24) is 20.2 Å². The third kappa shape index (κ3) is 2.98. The summed E-state index contributed by atoms with van der Waals surface area (Å²) < 4.78 is 10.9. The average molecular weight is 338 g/mol. The van der Waals surface area contributed by atoms with E-state index in [1.165, 1.54) is 11.8 Å². The maximum Gasteiger partial charge on any atom is 0.247 e. The molecule has 7 heteroatoms. The second kappa shape index (κ2) is 6.37. The predicted octanol–water partition coefficient (Wildman–Crippen LogP) is 3.91. The van der Waals surface area contributed by atoms with Gasteiger partial charge in [-0.1, -0.05) is 30.0 Å². The van der Waals surface area contributed by atoms with Crippen LogP contribution >= 0.6 is 11.8 Å². The highest BCUT2D eigenvalue weighted by Gasteiger charge is 2.10. The Morgan fingerprint density at radius 3 is 2.83 bits per heavy atom. The summed E-state index contributed by atoms with van der Waals surface area (Å²) in [7, 11) is 1.65. The van der Waals surface area contributed by atoms with Gasteiger partial charge >= 0.3 is 0 Å². The number of rotatable bonds is 5. The first-order valence-corrected chi connectivity index (χ1v) is 8.35. The number of aromatic amines is 1. The number of thioether (sulfide) groups is 1. The third-order valence-electron chi connectivity index (χ3n) is 3.49. The van der Waals surface area contributed by atoms with Crippen LogP contribution in [-0.2, 0) is 5.75 Å². The summed E-state index contributed by atoms with van der Waals surface area (Å²) in [5.41, 5.74) is 2.75. The Kier molecular flexibility index (Phi) is 3.92. The van der Waals surface area contributed by atoms with Crippen LogP contribution in [0, 0.1) is 0 Å². The molecule has 2 aromatic carbocycles. The fourth-order valence-corrected chi connectivity index (χ4v) is 3.02. The quantitative estimate of drug-likeness (QED) is 0.556. The second-order valence-electron chi connectivity index (χ2n) is 5.08. The molecule has 0 radical (unpaired) electrons. The van der Waals surface area contributed by atoms with Crippen LogP contribution in [0.1, 0.15) is 5.89 Å². The third-order valence-corrected chi connectivity index (χ3v) is 4.35. The Balaban J connectivity index is 1.48. The topological polar surface area (TPSA) is 76.8 Å². The zero-order valence-corrected chi connectivity index (χ0v) is 13.7. The van der Waals surface area contributed by atoms with Gasteiger partial charge in [0.1, 0.15) is 5.75 Å². The molecule has 0 aliphatic rings. The fourth-order valence-electron chi connectivity index (χ4n) is 2.30. The second-order valence-corrected chi connectivity index (χ2v) is 6.04. The molecule has 0 amide bonds. The number of ether oxygens (including phenoxy) is 1. The summed E-state index contributed by atoms with van der Waals surface area (Å²) in [6.45, 7) is 0. The van der Waals surface area contributed by atoms with Crippen LogP contribution < -0.4 is 4.74 Å². The highest BCUT2D eigenvalue weighted by Crippen LogP contribution is 2.26. The first-order chi connectivity index (χ1) is 11.8. The van der Waals surface area contributed by atoms with Gasteiger partial charge < -0.3 is 14.1 Å². The Hall–Kier alpha value is -2.80. The maximum absolute atomic E-state index is 5.70. The van der Waals surface area contributed by atoms with E-state index in [1.54, 1.807) is 7.11 Å². The number of nitrogens with one attached hydrogen (secondary N) is 1. The lowest BCUT2D eigenvalue weighted by Gasteiger charge is -1.96. The lowest BCUT2D eigenvalue weighted by atomic mass is 10.2. The molecule has 6 nitrogen and oxygen atoms in total. The number of nitrogens with zero attached hydrogens (tertiary/aromatic N) is 3. The van der Waals surface area contributed by atoms with Crippen molar-refractivity contribution in [3.63, 3.8) is 0 Å². The van der Waals surface area contributed by atoms with Crippen molar-refractivity contribution in [3.05, 3.63) is 54.4 Å². The highest BCUT2D eigenvalue weighted by molar-refractivity contribution is 7.98. The smallest absolute Gasteiger partial charge is 0.247 e. The molecule has 0 spiro atoms. The van der Waals surface area contributed by atoms with Crippen molar-refractivity contribution in [3.8, 4) is 17.2 Å². The van der Waals surface area contributed by atoms with Crippen LogP contribution in [0.5, 0.6) is 5.75 Å². The van der Waals surface area contributed by atoms with Gasteiger partial charge in [0.15, 0.2) is 5.16 Å². The number of fused-ring (bicyclic) bond motifs is 1. The van der Waals surface area contributed by atoms with Gasteiger partial charge in [-0.25, -0.2) is 4.98 Å². The molecule has 0 bridgehead atoms. The Bertz CT molecular complexity index is 965. The SMILES string of the molecule is COc1ccc2nc(SCc3nnc(-c4ccccc4)o3)[nH]c2c1. The van der Waals surface area contributed by atoms with E-state index in [0.717, 1.165) is 27.5 Å². The van der Waals surface area contributed by atoms with Crippen LogP contribution in [0.4, 0.5) is 0 Å². The highest BCUT2D eigenvalue weighted by atomic mass is 32.2. The number of methoxy groups -OCH3 is 1. The molecule has 0 aliphatic carbocycles. The van der Waals surface area contributed by atoms with E-state index in [0.29, 0.717) is 17.5 Å². The van der Waals surface area contributed by atoms with Crippen molar-refractivity contribution >= 4 is 22.8 Å². The minimum absolute atomic E-state index is 0.528. The summed E-state index contributed by atoms with van der Waals surface area (Å²) in [4.78, 5) is 7.79. The van der Waals surface area contributed by atoms with E-state index < -0.39 is 0 Å². The van der Waals surface area contributed by atoms with E-state index in [-0.39, 0.29) is 0 Å². The molecule has 1 N–H and O–H groups in total. The van der Waals surface area contributed by atoms with Gasteiger partial charge in [-0.2, -0.15) is 0 Å². The lowest BCUT2D eigenvalue weighted by molar-refractivity contribution is 0.415. The van der Waals surface area contributed by atoms with Crippen molar-refractivity contribution in [2.75, 3.05) is 7.11 Å². The summed E-state index contributed by atoms with van der Waals surface area (Å²) in [5, 5.41) is 8.98. The van der Waals surface area contributed by atoms with E-state index in [9.17, 15) is 0 Å². The van der Waals surface area contributed by atoms with Crippen LogP contribution in [0.3, 0.4) is 0 Å². The normalized spacial score (nSPS) is 11.0. The monoisotopic (exact) mass is 338 g/mol. The number of benzene rings is 2. The molecule has 0 aliphatic heterocycles. The van der Waals surface area contributed by atoms with Gasteiger partial charge in [-0.05, 0) is 24.3 Å². The molecule has 4 rings (SSSR count). The van der Waals surface area contributed by atoms with Crippen LogP contribution in [0.25, 0.3) is 22.5 Å². The first-order valence-electron chi connectivity index (χ1n) is 7.36. The number of hydrogen-bond acceptors (Lipinski definition) is 6. The number of H-pyrrole nitrogens is 1. The molecule has 2 heterocycles. The summed E-state index contributed by atoms with van der Waals surface area (Å²) in [6, 6.07) is 15.5.